The predicted molar refractivity (Wildman–Crippen MR) is 47.2 cm³/mol. The second-order valence-corrected chi connectivity index (χ2v) is 4.55. The summed E-state index contributed by atoms with van der Waals surface area (Å²) in [5.41, 5.74) is 1.44. The molecule has 70 valence electrons. The van der Waals surface area contributed by atoms with Gasteiger partial charge in [-0.25, -0.2) is 0 Å². The van der Waals surface area contributed by atoms with E-state index in [-0.39, 0.29) is 0 Å². The van der Waals surface area contributed by atoms with Crippen molar-refractivity contribution in [2.75, 3.05) is 0 Å². The molecule has 3 aliphatic carbocycles. The predicted octanol–water partition coefficient (Wildman–Crippen LogP) is 2.29. The third-order valence-corrected chi connectivity index (χ3v) is 4.00. The molecule has 1 aromatic heterocycles. The van der Waals surface area contributed by atoms with E-state index in [9.17, 15) is 0 Å². The molecule has 2 bridgehead atoms. The molecule has 13 heavy (non-hydrogen) atoms. The number of rotatable bonds is 1. The third-order valence-electron chi connectivity index (χ3n) is 4.00. The molecule has 3 nitrogen and oxygen atoms in total. The van der Waals surface area contributed by atoms with Crippen LogP contribution in [0.15, 0.2) is 10.8 Å². The molecule has 4 rings (SSSR count). The SMILES string of the molecule is c1onnc1C12CCC(CC1)CC2. The van der Waals surface area contributed by atoms with Crippen molar-refractivity contribution >= 4 is 0 Å². The Hall–Kier alpha value is -0.860. The fourth-order valence-corrected chi connectivity index (χ4v) is 3.03. The van der Waals surface area contributed by atoms with Crippen LogP contribution < -0.4 is 0 Å². The highest BCUT2D eigenvalue weighted by Crippen LogP contribution is 2.50. The molecule has 0 atom stereocenters. The first-order chi connectivity index (χ1) is 6.39. The fraction of sp³-hybridized carbons (Fsp3) is 0.800. The maximum atomic E-state index is 4.85. The topological polar surface area (TPSA) is 38.9 Å². The summed E-state index contributed by atoms with van der Waals surface area (Å²) in [5.74, 6) is 1.00. The summed E-state index contributed by atoms with van der Waals surface area (Å²) in [5, 5.41) is 7.67. The Bertz CT molecular complexity index is 272. The van der Waals surface area contributed by atoms with Gasteiger partial charge in [-0.15, -0.1) is 5.10 Å². The lowest BCUT2D eigenvalue weighted by Gasteiger charge is -2.44. The standard InChI is InChI=1S/C10H14N2O/c1-4-10(9-7-13-12-11-9)5-2-8(1)3-6-10/h7-8H,1-6H2. The van der Waals surface area contributed by atoms with Crippen LogP contribution in [0.1, 0.15) is 44.2 Å². The summed E-state index contributed by atoms with van der Waals surface area (Å²) in [7, 11) is 0. The lowest BCUT2D eigenvalue weighted by molar-refractivity contribution is 0.132. The zero-order chi connectivity index (χ0) is 8.73. The minimum absolute atomic E-state index is 0.342. The normalized spacial score (nSPS) is 38.0. The summed E-state index contributed by atoms with van der Waals surface area (Å²) in [6, 6.07) is 0. The number of nitrogens with zero attached hydrogens (tertiary/aromatic N) is 2. The highest BCUT2D eigenvalue weighted by atomic mass is 16.5. The van der Waals surface area contributed by atoms with Gasteiger partial charge in [0.05, 0.1) is 0 Å². The van der Waals surface area contributed by atoms with E-state index in [0.717, 1.165) is 11.6 Å². The second kappa shape index (κ2) is 2.56. The Labute approximate surface area is 77.5 Å². The van der Waals surface area contributed by atoms with Gasteiger partial charge in [-0.05, 0) is 44.4 Å². The van der Waals surface area contributed by atoms with Crippen molar-refractivity contribution in [3.05, 3.63) is 12.0 Å². The quantitative estimate of drug-likeness (QED) is 0.662. The number of aromatic nitrogens is 2. The second-order valence-electron chi connectivity index (χ2n) is 4.55. The van der Waals surface area contributed by atoms with Crippen molar-refractivity contribution < 1.29 is 4.52 Å². The van der Waals surface area contributed by atoms with Crippen molar-refractivity contribution in [2.24, 2.45) is 5.92 Å². The van der Waals surface area contributed by atoms with Crippen LogP contribution in [0.5, 0.6) is 0 Å². The van der Waals surface area contributed by atoms with Gasteiger partial charge in [-0.3, -0.25) is 0 Å². The van der Waals surface area contributed by atoms with Gasteiger partial charge in [0, 0.05) is 10.7 Å². The van der Waals surface area contributed by atoms with E-state index >= 15 is 0 Å². The van der Waals surface area contributed by atoms with Gasteiger partial charge in [0.1, 0.15) is 12.0 Å². The third kappa shape index (κ3) is 1.02. The van der Waals surface area contributed by atoms with Crippen LogP contribution in [0.3, 0.4) is 0 Å². The summed E-state index contributed by atoms with van der Waals surface area (Å²) in [4.78, 5) is 0. The largest absolute Gasteiger partial charge is 0.345 e. The monoisotopic (exact) mass is 178 g/mol. The van der Waals surface area contributed by atoms with Crippen molar-refractivity contribution in [2.45, 2.75) is 43.9 Å². The lowest BCUT2D eigenvalue weighted by Crippen LogP contribution is -2.37. The van der Waals surface area contributed by atoms with E-state index in [4.69, 9.17) is 4.52 Å². The number of hydrogen-bond donors (Lipinski definition) is 0. The maximum absolute atomic E-state index is 4.85. The number of fused-ring (bicyclic) bond motifs is 3. The van der Waals surface area contributed by atoms with Gasteiger partial charge < -0.3 is 4.52 Å². The Kier molecular flexibility index (Phi) is 1.49. The van der Waals surface area contributed by atoms with Gasteiger partial charge in [0.25, 0.3) is 0 Å². The van der Waals surface area contributed by atoms with E-state index < -0.39 is 0 Å². The van der Waals surface area contributed by atoms with Crippen LogP contribution in [0.2, 0.25) is 0 Å². The van der Waals surface area contributed by atoms with Gasteiger partial charge in [0.2, 0.25) is 0 Å². The first-order valence-electron chi connectivity index (χ1n) is 5.17. The molecule has 0 saturated heterocycles. The van der Waals surface area contributed by atoms with Gasteiger partial charge in [-0.1, -0.05) is 0 Å². The van der Waals surface area contributed by atoms with Crippen LogP contribution in [0, 0.1) is 5.92 Å². The zero-order valence-electron chi connectivity index (χ0n) is 7.70. The Morgan fingerprint density at radius 2 is 1.92 bits per heavy atom. The van der Waals surface area contributed by atoms with Crippen molar-refractivity contribution in [3.63, 3.8) is 0 Å². The zero-order valence-corrected chi connectivity index (χ0v) is 7.70. The maximum Gasteiger partial charge on any atom is 0.148 e. The van der Waals surface area contributed by atoms with Gasteiger partial charge in [-0.2, -0.15) is 0 Å². The summed E-state index contributed by atoms with van der Waals surface area (Å²) < 4.78 is 4.85. The Morgan fingerprint density at radius 1 is 1.23 bits per heavy atom. The van der Waals surface area contributed by atoms with Crippen LogP contribution in [0.25, 0.3) is 0 Å². The lowest BCUT2D eigenvalue weighted by atomic mass is 9.59. The molecular weight excluding hydrogens is 164 g/mol. The Morgan fingerprint density at radius 3 is 2.46 bits per heavy atom. The summed E-state index contributed by atoms with van der Waals surface area (Å²) >= 11 is 0. The highest BCUT2D eigenvalue weighted by Gasteiger charge is 2.43. The summed E-state index contributed by atoms with van der Waals surface area (Å²) in [6.45, 7) is 0. The van der Waals surface area contributed by atoms with Crippen molar-refractivity contribution in [1.29, 1.82) is 0 Å². The molecule has 0 N–H and O–H groups in total. The molecule has 0 unspecified atom stereocenters. The van der Waals surface area contributed by atoms with E-state index in [1.165, 1.54) is 38.5 Å². The highest BCUT2D eigenvalue weighted by molar-refractivity contribution is 5.14. The van der Waals surface area contributed by atoms with Crippen molar-refractivity contribution in [3.8, 4) is 0 Å². The van der Waals surface area contributed by atoms with Gasteiger partial charge >= 0.3 is 0 Å². The minimum Gasteiger partial charge on any atom is -0.345 e. The summed E-state index contributed by atoms with van der Waals surface area (Å²) in [6.07, 6.45) is 9.78. The first-order valence-corrected chi connectivity index (χ1v) is 5.17. The van der Waals surface area contributed by atoms with E-state index in [0.29, 0.717) is 5.41 Å². The van der Waals surface area contributed by atoms with Crippen molar-refractivity contribution in [1.82, 2.24) is 10.4 Å². The van der Waals surface area contributed by atoms with Gasteiger partial charge in [0.15, 0.2) is 0 Å². The molecule has 3 saturated carbocycles. The molecule has 3 aliphatic rings. The van der Waals surface area contributed by atoms with Crippen LogP contribution in [-0.4, -0.2) is 10.4 Å². The number of hydrogen-bond acceptors (Lipinski definition) is 3. The molecule has 1 aromatic rings. The average molecular weight is 178 g/mol. The minimum atomic E-state index is 0.342. The molecule has 0 amide bonds. The molecule has 3 heteroatoms. The van der Waals surface area contributed by atoms with E-state index in [2.05, 4.69) is 10.4 Å². The smallest absolute Gasteiger partial charge is 0.148 e. The molecule has 0 spiro atoms. The van der Waals surface area contributed by atoms with Crippen LogP contribution in [0.4, 0.5) is 0 Å². The fourth-order valence-electron chi connectivity index (χ4n) is 3.03. The van der Waals surface area contributed by atoms with Crippen LogP contribution >= 0.6 is 0 Å². The molecule has 0 aromatic carbocycles. The molecule has 1 heterocycles. The molecular formula is C10H14N2O. The Balaban J connectivity index is 1.95. The van der Waals surface area contributed by atoms with E-state index in [1.807, 2.05) is 0 Å². The molecule has 0 radical (unpaired) electrons. The molecule has 0 aliphatic heterocycles. The van der Waals surface area contributed by atoms with Crippen LogP contribution in [-0.2, 0) is 5.41 Å². The molecule has 3 fully saturated rings. The average Bonchev–Trinajstić information content (AvgIpc) is 2.74. The first kappa shape index (κ1) is 7.54. The van der Waals surface area contributed by atoms with E-state index in [1.54, 1.807) is 6.26 Å².